The molecule has 1 aromatic heterocycles. The molecule has 1 atom stereocenters. The number of hydrogen-bond acceptors (Lipinski definition) is 4. The summed E-state index contributed by atoms with van der Waals surface area (Å²) in [5, 5.41) is 8.30. The van der Waals surface area contributed by atoms with Gasteiger partial charge in [0, 0.05) is 29.2 Å². The van der Waals surface area contributed by atoms with Gasteiger partial charge in [0.2, 0.25) is 0 Å². The second kappa shape index (κ2) is 5.12. The number of rotatable bonds is 4. The van der Waals surface area contributed by atoms with Crippen LogP contribution in [0.2, 0.25) is 0 Å². The highest BCUT2D eigenvalue weighted by atomic mass is 32.2. The molecule has 0 saturated heterocycles. The summed E-state index contributed by atoms with van der Waals surface area (Å²) in [5.41, 5.74) is 7.94. The smallest absolute Gasteiger partial charge is 0.0839 e. The van der Waals surface area contributed by atoms with Crippen LogP contribution in [0.5, 0.6) is 0 Å². The minimum atomic E-state index is 0.540. The molecule has 0 spiro atoms. The summed E-state index contributed by atoms with van der Waals surface area (Å²) in [5.74, 6) is 1.67. The van der Waals surface area contributed by atoms with Gasteiger partial charge < -0.3 is 5.73 Å². The van der Waals surface area contributed by atoms with Gasteiger partial charge in [-0.15, -0.1) is 16.9 Å². The van der Waals surface area contributed by atoms with Crippen LogP contribution in [0.3, 0.4) is 0 Å². The number of hydrogen-bond donors (Lipinski definition) is 1. The quantitative estimate of drug-likeness (QED) is 0.908. The number of aromatic nitrogens is 3. The first-order chi connectivity index (χ1) is 8.86. The van der Waals surface area contributed by atoms with E-state index >= 15 is 0 Å². The van der Waals surface area contributed by atoms with E-state index in [4.69, 9.17) is 5.73 Å². The molecule has 94 valence electrons. The van der Waals surface area contributed by atoms with Gasteiger partial charge in [-0.2, -0.15) is 0 Å². The summed E-state index contributed by atoms with van der Waals surface area (Å²) < 4.78 is 1.94. The molecule has 1 aromatic carbocycles. The van der Waals surface area contributed by atoms with Crippen molar-refractivity contribution < 1.29 is 0 Å². The fraction of sp³-hybridized carbons (Fsp3) is 0.385. The first kappa shape index (κ1) is 11.7. The summed E-state index contributed by atoms with van der Waals surface area (Å²) in [4.78, 5) is 1.41. The van der Waals surface area contributed by atoms with Crippen molar-refractivity contribution in [2.75, 3.05) is 12.3 Å². The minimum Gasteiger partial charge on any atom is -0.330 e. The molecular weight excluding hydrogens is 244 g/mol. The topological polar surface area (TPSA) is 56.7 Å². The van der Waals surface area contributed by atoms with E-state index < -0.39 is 0 Å². The van der Waals surface area contributed by atoms with Gasteiger partial charge in [0.1, 0.15) is 0 Å². The third kappa shape index (κ3) is 2.28. The Morgan fingerprint density at radius 3 is 3.17 bits per heavy atom. The summed E-state index contributed by atoms with van der Waals surface area (Å²) >= 11 is 1.93. The van der Waals surface area contributed by atoms with Crippen LogP contribution < -0.4 is 5.73 Å². The molecular formula is C13H16N4S. The SMILES string of the molecule is NCCc1cn(CC2CSc3ccccc32)nn1. The number of nitrogens with two attached hydrogens (primary N) is 1. The molecule has 0 amide bonds. The van der Waals surface area contributed by atoms with Crippen LogP contribution in [-0.2, 0) is 13.0 Å². The Kier molecular flexibility index (Phi) is 3.34. The fourth-order valence-electron chi connectivity index (χ4n) is 2.30. The molecule has 0 radical (unpaired) electrons. The highest BCUT2D eigenvalue weighted by Gasteiger charge is 2.23. The Balaban J connectivity index is 1.73. The lowest BCUT2D eigenvalue weighted by atomic mass is 10.0. The van der Waals surface area contributed by atoms with E-state index in [-0.39, 0.29) is 0 Å². The summed E-state index contributed by atoms with van der Waals surface area (Å²) in [6.45, 7) is 1.53. The number of fused-ring (bicyclic) bond motifs is 1. The van der Waals surface area contributed by atoms with Crippen LogP contribution >= 0.6 is 11.8 Å². The molecule has 4 nitrogen and oxygen atoms in total. The Morgan fingerprint density at radius 1 is 1.39 bits per heavy atom. The van der Waals surface area contributed by atoms with Crippen molar-refractivity contribution in [1.82, 2.24) is 15.0 Å². The van der Waals surface area contributed by atoms with E-state index in [1.54, 1.807) is 0 Å². The van der Waals surface area contributed by atoms with Gasteiger partial charge in [-0.3, -0.25) is 4.68 Å². The van der Waals surface area contributed by atoms with Crippen LogP contribution in [0.1, 0.15) is 17.2 Å². The second-order valence-corrected chi connectivity index (χ2v) is 5.58. The van der Waals surface area contributed by atoms with Gasteiger partial charge in [-0.1, -0.05) is 23.4 Å². The first-order valence-corrected chi connectivity index (χ1v) is 7.16. The van der Waals surface area contributed by atoms with Crippen LogP contribution in [0.15, 0.2) is 35.4 Å². The monoisotopic (exact) mass is 260 g/mol. The lowest BCUT2D eigenvalue weighted by Crippen LogP contribution is -2.09. The van der Waals surface area contributed by atoms with Crippen LogP contribution in [0.4, 0.5) is 0 Å². The lowest BCUT2D eigenvalue weighted by Gasteiger charge is -2.09. The van der Waals surface area contributed by atoms with Crippen molar-refractivity contribution in [2.24, 2.45) is 5.73 Å². The van der Waals surface area contributed by atoms with Gasteiger partial charge in [-0.25, -0.2) is 0 Å². The maximum absolute atomic E-state index is 5.52. The molecule has 0 aliphatic carbocycles. The molecule has 0 fully saturated rings. The molecule has 5 heteroatoms. The molecule has 2 heterocycles. The van der Waals surface area contributed by atoms with Crippen molar-refractivity contribution in [3.05, 3.63) is 41.7 Å². The van der Waals surface area contributed by atoms with Crippen molar-refractivity contribution in [3.8, 4) is 0 Å². The maximum Gasteiger partial charge on any atom is 0.0839 e. The third-order valence-corrected chi connectivity index (χ3v) is 4.44. The summed E-state index contributed by atoms with van der Waals surface area (Å²) in [6, 6.07) is 8.63. The van der Waals surface area contributed by atoms with E-state index in [1.807, 2.05) is 22.6 Å². The van der Waals surface area contributed by atoms with E-state index in [2.05, 4.69) is 34.6 Å². The molecule has 2 N–H and O–H groups in total. The van der Waals surface area contributed by atoms with Crippen LogP contribution in [-0.4, -0.2) is 27.3 Å². The van der Waals surface area contributed by atoms with Crippen LogP contribution in [0, 0.1) is 0 Å². The molecule has 18 heavy (non-hydrogen) atoms. The Morgan fingerprint density at radius 2 is 2.28 bits per heavy atom. The Hall–Kier alpha value is -1.33. The van der Waals surface area contributed by atoms with E-state index in [0.717, 1.165) is 24.4 Å². The average Bonchev–Trinajstić information content (AvgIpc) is 2.99. The standard InChI is InChI=1S/C13H16N4S/c14-6-5-11-8-17(16-15-11)7-10-9-18-13-4-2-1-3-12(10)13/h1-4,8,10H,5-7,9,14H2. The van der Waals surface area contributed by atoms with Crippen LogP contribution in [0.25, 0.3) is 0 Å². The predicted molar refractivity (Wildman–Crippen MR) is 72.7 cm³/mol. The second-order valence-electron chi connectivity index (χ2n) is 4.52. The van der Waals surface area contributed by atoms with E-state index in [0.29, 0.717) is 12.5 Å². The van der Waals surface area contributed by atoms with Gasteiger partial charge >= 0.3 is 0 Å². The van der Waals surface area contributed by atoms with Crippen molar-refractivity contribution in [1.29, 1.82) is 0 Å². The summed E-state index contributed by atoms with van der Waals surface area (Å²) in [7, 11) is 0. The maximum atomic E-state index is 5.52. The normalized spacial score (nSPS) is 17.9. The molecule has 2 aromatic rings. The number of thioether (sulfide) groups is 1. The van der Waals surface area contributed by atoms with Gasteiger partial charge in [0.15, 0.2) is 0 Å². The van der Waals surface area contributed by atoms with Crippen molar-refractivity contribution >= 4 is 11.8 Å². The lowest BCUT2D eigenvalue weighted by molar-refractivity contribution is 0.532. The van der Waals surface area contributed by atoms with Gasteiger partial charge in [-0.05, 0) is 18.2 Å². The predicted octanol–water partition coefficient (Wildman–Crippen LogP) is 1.67. The van der Waals surface area contributed by atoms with Crippen molar-refractivity contribution in [2.45, 2.75) is 23.8 Å². The highest BCUT2D eigenvalue weighted by molar-refractivity contribution is 7.99. The van der Waals surface area contributed by atoms with Gasteiger partial charge in [0.25, 0.3) is 0 Å². The first-order valence-electron chi connectivity index (χ1n) is 6.17. The van der Waals surface area contributed by atoms with E-state index in [9.17, 15) is 0 Å². The number of benzene rings is 1. The van der Waals surface area contributed by atoms with Gasteiger partial charge in [0.05, 0.1) is 12.2 Å². The third-order valence-electron chi connectivity index (χ3n) is 3.19. The fourth-order valence-corrected chi connectivity index (χ4v) is 3.54. The summed E-state index contributed by atoms with van der Waals surface area (Å²) in [6.07, 6.45) is 2.81. The molecule has 1 aliphatic rings. The zero-order valence-electron chi connectivity index (χ0n) is 10.1. The molecule has 0 bridgehead atoms. The number of nitrogens with zero attached hydrogens (tertiary/aromatic N) is 3. The Labute approximate surface area is 111 Å². The molecule has 3 rings (SSSR count). The van der Waals surface area contributed by atoms with E-state index in [1.165, 1.54) is 10.5 Å². The molecule has 0 saturated carbocycles. The highest BCUT2D eigenvalue weighted by Crippen LogP contribution is 2.39. The van der Waals surface area contributed by atoms with Crippen molar-refractivity contribution in [3.63, 3.8) is 0 Å². The largest absolute Gasteiger partial charge is 0.330 e. The zero-order valence-corrected chi connectivity index (χ0v) is 10.9. The minimum absolute atomic E-state index is 0.540. The Bertz CT molecular complexity index is 537. The average molecular weight is 260 g/mol. The zero-order chi connectivity index (χ0) is 12.4. The molecule has 1 unspecified atom stereocenters. The molecule has 1 aliphatic heterocycles.